The van der Waals surface area contributed by atoms with E-state index in [9.17, 15) is 14.4 Å². The molecule has 0 saturated carbocycles. The summed E-state index contributed by atoms with van der Waals surface area (Å²) in [4.78, 5) is 36.7. The van der Waals surface area contributed by atoms with E-state index in [1.807, 2.05) is 66.7 Å². The molecule has 174 valence electrons. The standard InChI is InChI=1S/C27H26N2O5/c30-25(28-22(21-12-5-2-6-13-21)18-20-10-3-1-4-11-20)19-33-26(31)16-9-17-29-23-14-7-8-15-24(23)34-27(29)32/h1-8,10-15,22H,9,16-19H2,(H,28,30). The number of benzene rings is 3. The number of nitrogens with one attached hydrogen (secondary N) is 1. The van der Waals surface area contributed by atoms with Gasteiger partial charge >= 0.3 is 11.7 Å². The molecule has 0 aliphatic heterocycles. The molecule has 7 heteroatoms. The van der Waals surface area contributed by atoms with Gasteiger partial charge in [0.2, 0.25) is 0 Å². The number of carbonyl (C=O) groups excluding carboxylic acids is 2. The van der Waals surface area contributed by atoms with Crippen molar-refractivity contribution in [2.45, 2.75) is 31.8 Å². The molecular weight excluding hydrogens is 432 g/mol. The molecule has 1 aromatic heterocycles. The summed E-state index contributed by atoms with van der Waals surface area (Å²) < 4.78 is 11.8. The molecule has 0 fully saturated rings. The van der Waals surface area contributed by atoms with Gasteiger partial charge in [0.05, 0.1) is 11.6 Å². The van der Waals surface area contributed by atoms with Crippen molar-refractivity contribution < 1.29 is 18.7 Å². The highest BCUT2D eigenvalue weighted by Crippen LogP contribution is 2.18. The number of para-hydroxylation sites is 2. The number of carbonyl (C=O) groups is 2. The van der Waals surface area contributed by atoms with E-state index in [0.29, 0.717) is 30.5 Å². The third kappa shape index (κ3) is 6.01. The fourth-order valence-corrected chi connectivity index (χ4v) is 3.85. The maximum Gasteiger partial charge on any atom is 0.419 e. The number of aromatic nitrogens is 1. The van der Waals surface area contributed by atoms with Crippen molar-refractivity contribution in [3.05, 3.63) is 107 Å². The zero-order chi connectivity index (χ0) is 23.8. The number of rotatable bonds is 10. The molecule has 7 nitrogen and oxygen atoms in total. The minimum atomic E-state index is -0.490. The minimum absolute atomic E-state index is 0.0886. The molecule has 1 N–H and O–H groups in total. The minimum Gasteiger partial charge on any atom is -0.456 e. The summed E-state index contributed by atoms with van der Waals surface area (Å²) in [5, 5.41) is 2.97. The molecule has 0 aliphatic carbocycles. The zero-order valence-electron chi connectivity index (χ0n) is 18.7. The summed E-state index contributed by atoms with van der Waals surface area (Å²) in [7, 11) is 0. The van der Waals surface area contributed by atoms with Gasteiger partial charge in [-0.1, -0.05) is 72.8 Å². The van der Waals surface area contributed by atoms with Crippen LogP contribution in [0.1, 0.15) is 30.0 Å². The van der Waals surface area contributed by atoms with Gasteiger partial charge in [-0.2, -0.15) is 0 Å². The molecule has 4 aromatic rings. The predicted molar refractivity (Wildman–Crippen MR) is 128 cm³/mol. The Morgan fingerprint density at radius 3 is 2.35 bits per heavy atom. The normalized spacial score (nSPS) is 11.8. The Hall–Kier alpha value is -4.13. The molecule has 1 amide bonds. The molecule has 1 unspecified atom stereocenters. The lowest BCUT2D eigenvalue weighted by atomic mass is 9.99. The molecule has 4 rings (SSSR count). The molecule has 3 aromatic carbocycles. The second-order valence-electron chi connectivity index (χ2n) is 7.97. The van der Waals surface area contributed by atoms with Gasteiger partial charge in [0.25, 0.3) is 5.91 Å². The number of ether oxygens (including phenoxy) is 1. The van der Waals surface area contributed by atoms with Crippen molar-refractivity contribution in [2.75, 3.05) is 6.61 Å². The number of hydrogen-bond donors (Lipinski definition) is 1. The summed E-state index contributed by atoms with van der Waals surface area (Å²) in [6.07, 6.45) is 1.10. The summed E-state index contributed by atoms with van der Waals surface area (Å²) >= 11 is 0. The van der Waals surface area contributed by atoms with E-state index < -0.39 is 11.7 Å². The van der Waals surface area contributed by atoms with Gasteiger partial charge < -0.3 is 14.5 Å². The van der Waals surface area contributed by atoms with E-state index in [-0.39, 0.29) is 25.0 Å². The van der Waals surface area contributed by atoms with Gasteiger partial charge in [-0.05, 0) is 36.1 Å². The highest BCUT2D eigenvalue weighted by Gasteiger charge is 2.17. The van der Waals surface area contributed by atoms with Gasteiger partial charge in [0.15, 0.2) is 12.2 Å². The van der Waals surface area contributed by atoms with Crippen molar-refractivity contribution in [3.63, 3.8) is 0 Å². The Bertz CT molecular complexity index is 1290. The van der Waals surface area contributed by atoms with Crippen LogP contribution in [0.5, 0.6) is 0 Å². The smallest absolute Gasteiger partial charge is 0.419 e. The van der Waals surface area contributed by atoms with Crippen LogP contribution in [0.4, 0.5) is 0 Å². The summed E-state index contributed by atoms with van der Waals surface area (Å²) in [5.41, 5.74) is 3.26. The SMILES string of the molecule is O=C(COC(=O)CCCn1c(=O)oc2ccccc21)NC(Cc1ccccc1)c1ccccc1. The number of amides is 1. The average Bonchev–Trinajstić information content (AvgIpc) is 3.18. The van der Waals surface area contributed by atoms with Gasteiger partial charge in [0.1, 0.15) is 0 Å². The lowest BCUT2D eigenvalue weighted by Gasteiger charge is -2.19. The van der Waals surface area contributed by atoms with Gasteiger partial charge in [0, 0.05) is 13.0 Å². The number of aryl methyl sites for hydroxylation is 1. The van der Waals surface area contributed by atoms with Crippen LogP contribution in [0.2, 0.25) is 0 Å². The third-order valence-corrected chi connectivity index (χ3v) is 5.52. The molecular formula is C27H26N2O5. The summed E-state index contributed by atoms with van der Waals surface area (Å²) in [6, 6.07) is 26.5. The van der Waals surface area contributed by atoms with E-state index >= 15 is 0 Å². The fourth-order valence-electron chi connectivity index (χ4n) is 3.85. The predicted octanol–water partition coefficient (Wildman–Crippen LogP) is 4.02. The Kier molecular flexibility index (Phi) is 7.55. The highest BCUT2D eigenvalue weighted by atomic mass is 16.5. The molecule has 0 bridgehead atoms. The second-order valence-corrected chi connectivity index (χ2v) is 7.97. The Morgan fingerprint density at radius 2 is 1.59 bits per heavy atom. The van der Waals surface area contributed by atoms with Crippen molar-refractivity contribution in [3.8, 4) is 0 Å². The number of hydrogen-bond acceptors (Lipinski definition) is 5. The van der Waals surface area contributed by atoms with Crippen LogP contribution in [0.25, 0.3) is 11.1 Å². The maximum atomic E-state index is 12.5. The monoisotopic (exact) mass is 458 g/mol. The second kappa shape index (κ2) is 11.1. The Morgan fingerprint density at radius 1 is 0.912 bits per heavy atom. The van der Waals surface area contributed by atoms with Crippen LogP contribution in [0.15, 0.2) is 94.1 Å². The average molecular weight is 459 g/mol. The molecule has 0 spiro atoms. The van der Waals surface area contributed by atoms with Crippen molar-refractivity contribution in [1.29, 1.82) is 0 Å². The van der Waals surface area contributed by atoms with Crippen molar-refractivity contribution in [1.82, 2.24) is 9.88 Å². The zero-order valence-corrected chi connectivity index (χ0v) is 18.7. The quantitative estimate of drug-likeness (QED) is 0.363. The van der Waals surface area contributed by atoms with Gasteiger partial charge in [-0.3, -0.25) is 14.2 Å². The van der Waals surface area contributed by atoms with Crippen LogP contribution < -0.4 is 11.1 Å². The summed E-state index contributed by atoms with van der Waals surface area (Å²) in [6.45, 7) is -0.0319. The van der Waals surface area contributed by atoms with Crippen LogP contribution in [0.3, 0.4) is 0 Å². The molecule has 0 saturated heterocycles. The first-order chi connectivity index (χ1) is 16.6. The molecule has 0 radical (unpaired) electrons. The number of nitrogens with zero attached hydrogens (tertiary/aromatic N) is 1. The fraction of sp³-hybridized carbons (Fsp3) is 0.222. The van der Waals surface area contributed by atoms with Gasteiger partial charge in [-0.25, -0.2) is 4.79 Å². The Balaban J connectivity index is 1.27. The van der Waals surface area contributed by atoms with Crippen molar-refractivity contribution >= 4 is 23.0 Å². The molecule has 1 heterocycles. The van der Waals surface area contributed by atoms with E-state index in [4.69, 9.17) is 9.15 Å². The largest absolute Gasteiger partial charge is 0.456 e. The van der Waals surface area contributed by atoms with E-state index in [1.54, 1.807) is 18.2 Å². The first-order valence-electron chi connectivity index (χ1n) is 11.2. The van der Waals surface area contributed by atoms with Crippen LogP contribution in [0, 0.1) is 0 Å². The molecule has 1 atom stereocenters. The first-order valence-corrected chi connectivity index (χ1v) is 11.2. The van der Waals surface area contributed by atoms with E-state index in [2.05, 4.69) is 5.32 Å². The number of esters is 1. The first kappa shape index (κ1) is 23.0. The van der Waals surface area contributed by atoms with E-state index in [1.165, 1.54) is 4.57 Å². The number of oxazole rings is 1. The van der Waals surface area contributed by atoms with Crippen LogP contribution in [-0.2, 0) is 27.3 Å². The third-order valence-electron chi connectivity index (χ3n) is 5.52. The summed E-state index contributed by atoms with van der Waals surface area (Å²) in [5.74, 6) is -1.31. The highest BCUT2D eigenvalue weighted by molar-refractivity contribution is 5.81. The van der Waals surface area contributed by atoms with Gasteiger partial charge in [-0.15, -0.1) is 0 Å². The van der Waals surface area contributed by atoms with Crippen molar-refractivity contribution in [2.24, 2.45) is 0 Å². The molecule has 34 heavy (non-hydrogen) atoms. The van der Waals surface area contributed by atoms with E-state index in [0.717, 1.165) is 11.1 Å². The lowest BCUT2D eigenvalue weighted by molar-refractivity contribution is -0.148. The maximum absolute atomic E-state index is 12.5. The lowest BCUT2D eigenvalue weighted by Crippen LogP contribution is -2.33. The Labute approximate surface area is 197 Å². The van der Waals surface area contributed by atoms with Crippen LogP contribution >= 0.6 is 0 Å². The topological polar surface area (TPSA) is 90.5 Å². The molecule has 0 aliphatic rings. The van der Waals surface area contributed by atoms with Crippen LogP contribution in [-0.4, -0.2) is 23.1 Å². The number of fused-ring (bicyclic) bond motifs is 1.